The van der Waals surface area contributed by atoms with Crippen molar-refractivity contribution in [3.8, 4) is 0 Å². The summed E-state index contributed by atoms with van der Waals surface area (Å²) in [5.74, 6) is -0.223. The Balaban J connectivity index is 0.00000289. The molecule has 0 saturated heterocycles. The summed E-state index contributed by atoms with van der Waals surface area (Å²) in [6.45, 7) is 1.89. The second-order valence-electron chi connectivity index (χ2n) is 7.43. The first-order chi connectivity index (χ1) is 15.2. The van der Waals surface area contributed by atoms with E-state index in [1.807, 2.05) is 11.3 Å². The maximum atomic E-state index is 11.1. The minimum Gasteiger partial charge on any atom is -1.00 e. The normalized spacial score (nSPS) is 10.9. The monoisotopic (exact) mass is 480 g/mol. The van der Waals surface area contributed by atoms with Gasteiger partial charge in [0.15, 0.2) is 0 Å². The van der Waals surface area contributed by atoms with Gasteiger partial charge in [0.2, 0.25) is 0 Å². The Morgan fingerprint density at radius 3 is 1.59 bits per heavy atom. The van der Waals surface area contributed by atoms with E-state index < -0.39 is 7.26 Å². The standard InChI is InChI=1S/C27H26O2PS.ClH/c1-22(28)29-20-19-26-17-18-27(31-26)21-30(23-11-5-2-6-12-23,24-13-7-3-8-14-24)25-15-9-4-10-16-25;/h2-18H,19-21H2,1H3;1H/q+1;/p-1. The van der Waals surface area contributed by atoms with Crippen LogP contribution in [0.2, 0.25) is 0 Å². The molecule has 164 valence electrons. The first kappa shape index (κ1) is 24.2. The molecule has 0 N–H and O–H groups in total. The van der Waals surface area contributed by atoms with Crippen LogP contribution in [0.15, 0.2) is 103 Å². The average molecular weight is 481 g/mol. The number of hydrogen-bond acceptors (Lipinski definition) is 3. The highest BCUT2D eigenvalue weighted by Crippen LogP contribution is 2.58. The number of halogens is 1. The summed E-state index contributed by atoms with van der Waals surface area (Å²) in [6, 6.07) is 37.3. The van der Waals surface area contributed by atoms with Crippen molar-refractivity contribution < 1.29 is 21.9 Å². The lowest BCUT2D eigenvalue weighted by molar-refractivity contribution is -0.140. The molecule has 0 atom stereocenters. The second kappa shape index (κ2) is 11.4. The predicted molar refractivity (Wildman–Crippen MR) is 134 cm³/mol. The van der Waals surface area contributed by atoms with Crippen molar-refractivity contribution in [3.05, 3.63) is 113 Å². The van der Waals surface area contributed by atoms with E-state index in [9.17, 15) is 4.79 Å². The molecule has 0 unspecified atom stereocenters. The van der Waals surface area contributed by atoms with Gasteiger partial charge in [-0.05, 0) is 48.5 Å². The van der Waals surface area contributed by atoms with Crippen LogP contribution in [0.4, 0.5) is 0 Å². The van der Waals surface area contributed by atoms with Gasteiger partial charge < -0.3 is 17.1 Å². The number of thiophene rings is 1. The minimum atomic E-state index is -1.88. The number of carbonyl (C=O) groups is 1. The maximum absolute atomic E-state index is 11.1. The molecule has 4 rings (SSSR count). The quantitative estimate of drug-likeness (QED) is 0.286. The van der Waals surface area contributed by atoms with Crippen LogP contribution in [-0.2, 0) is 22.1 Å². The Bertz CT molecular complexity index is 1020. The fourth-order valence-corrected chi connectivity index (χ4v) is 9.63. The Morgan fingerprint density at radius 2 is 1.16 bits per heavy atom. The van der Waals surface area contributed by atoms with Crippen LogP contribution in [0.5, 0.6) is 0 Å². The van der Waals surface area contributed by atoms with Crippen molar-refractivity contribution >= 4 is 40.5 Å². The fraction of sp³-hybridized carbons (Fsp3) is 0.148. The van der Waals surface area contributed by atoms with E-state index in [2.05, 4.69) is 103 Å². The van der Waals surface area contributed by atoms with Gasteiger partial charge in [-0.3, -0.25) is 4.79 Å². The van der Waals surface area contributed by atoms with E-state index in [1.165, 1.54) is 32.6 Å². The van der Waals surface area contributed by atoms with Gasteiger partial charge in [0.1, 0.15) is 29.3 Å². The zero-order valence-electron chi connectivity index (χ0n) is 18.0. The summed E-state index contributed by atoms with van der Waals surface area (Å²) in [5, 5.41) is 4.17. The summed E-state index contributed by atoms with van der Waals surface area (Å²) in [7, 11) is -1.88. The maximum Gasteiger partial charge on any atom is 0.302 e. The van der Waals surface area contributed by atoms with Crippen LogP contribution in [0, 0.1) is 0 Å². The molecule has 1 aromatic heterocycles. The Hall–Kier alpha value is -2.45. The van der Waals surface area contributed by atoms with E-state index in [4.69, 9.17) is 4.74 Å². The number of rotatable bonds is 8. The van der Waals surface area contributed by atoms with E-state index in [-0.39, 0.29) is 18.4 Å². The second-order valence-corrected chi connectivity index (χ2v) is 12.2. The highest BCUT2D eigenvalue weighted by Gasteiger charge is 2.45. The Kier molecular flexibility index (Phi) is 8.64. The average Bonchev–Trinajstić information content (AvgIpc) is 3.26. The molecule has 4 aromatic rings. The third kappa shape index (κ3) is 5.48. The number of hydrogen-bond donors (Lipinski definition) is 0. The summed E-state index contributed by atoms with van der Waals surface area (Å²) in [6.07, 6.45) is 1.74. The molecule has 1 heterocycles. The van der Waals surface area contributed by atoms with Crippen molar-refractivity contribution in [1.29, 1.82) is 0 Å². The molecule has 0 bridgehead atoms. The van der Waals surface area contributed by atoms with Gasteiger partial charge in [0, 0.05) is 23.1 Å². The van der Waals surface area contributed by atoms with E-state index in [0.29, 0.717) is 6.61 Å². The molecule has 0 spiro atoms. The van der Waals surface area contributed by atoms with Gasteiger partial charge in [0.05, 0.1) is 6.61 Å². The van der Waals surface area contributed by atoms with E-state index in [1.54, 1.807) is 0 Å². The summed E-state index contributed by atoms with van der Waals surface area (Å²) < 4.78 is 5.14. The van der Waals surface area contributed by atoms with Gasteiger partial charge in [-0.2, -0.15) is 0 Å². The lowest BCUT2D eigenvalue weighted by atomic mass is 10.3. The lowest BCUT2D eigenvalue weighted by Crippen LogP contribution is -3.00. The number of benzene rings is 3. The molecule has 0 saturated carbocycles. The van der Waals surface area contributed by atoms with E-state index >= 15 is 0 Å². The van der Waals surface area contributed by atoms with Gasteiger partial charge >= 0.3 is 5.97 Å². The zero-order chi connectivity index (χ0) is 21.5. The highest BCUT2D eigenvalue weighted by molar-refractivity contribution is 7.95. The van der Waals surface area contributed by atoms with Crippen molar-refractivity contribution in [2.45, 2.75) is 19.5 Å². The minimum absolute atomic E-state index is 0. The lowest BCUT2D eigenvalue weighted by Gasteiger charge is -2.27. The number of ether oxygens (including phenoxy) is 1. The van der Waals surface area contributed by atoms with Crippen molar-refractivity contribution in [1.82, 2.24) is 0 Å². The molecular weight excluding hydrogens is 455 g/mol. The molecule has 0 aliphatic carbocycles. The molecule has 3 aromatic carbocycles. The number of carbonyl (C=O) groups excluding carboxylic acids is 1. The molecule has 0 aliphatic rings. The van der Waals surface area contributed by atoms with Crippen LogP contribution in [0.25, 0.3) is 0 Å². The number of esters is 1. The molecule has 0 amide bonds. The Labute approximate surface area is 201 Å². The highest BCUT2D eigenvalue weighted by atomic mass is 35.5. The van der Waals surface area contributed by atoms with Crippen molar-refractivity contribution in [3.63, 3.8) is 0 Å². The summed E-state index contributed by atoms with van der Waals surface area (Å²) >= 11 is 1.83. The van der Waals surface area contributed by atoms with Crippen LogP contribution >= 0.6 is 18.6 Å². The first-order valence-electron chi connectivity index (χ1n) is 10.4. The summed E-state index contributed by atoms with van der Waals surface area (Å²) in [4.78, 5) is 13.7. The first-order valence-corrected chi connectivity index (χ1v) is 13.2. The van der Waals surface area contributed by atoms with Crippen LogP contribution in [0.3, 0.4) is 0 Å². The molecule has 5 heteroatoms. The molecule has 2 nitrogen and oxygen atoms in total. The third-order valence-corrected chi connectivity index (χ3v) is 11.1. The van der Waals surface area contributed by atoms with Crippen LogP contribution < -0.4 is 28.3 Å². The van der Waals surface area contributed by atoms with Crippen molar-refractivity contribution in [2.75, 3.05) is 6.61 Å². The molecule has 0 fully saturated rings. The molecule has 0 aliphatic heterocycles. The Morgan fingerprint density at radius 1 is 0.719 bits per heavy atom. The van der Waals surface area contributed by atoms with E-state index in [0.717, 1.165) is 12.6 Å². The molecule has 32 heavy (non-hydrogen) atoms. The smallest absolute Gasteiger partial charge is 0.302 e. The molecular formula is C27H26ClO2PS. The SMILES string of the molecule is CC(=O)OCCc1ccc(C[P+](c2ccccc2)(c2ccccc2)c2ccccc2)s1.[Cl-]. The van der Waals surface area contributed by atoms with Crippen LogP contribution in [0.1, 0.15) is 16.7 Å². The largest absolute Gasteiger partial charge is 1.00 e. The van der Waals surface area contributed by atoms with Gasteiger partial charge in [-0.25, -0.2) is 0 Å². The van der Waals surface area contributed by atoms with Gasteiger partial charge in [-0.15, -0.1) is 11.3 Å². The van der Waals surface area contributed by atoms with Gasteiger partial charge in [-0.1, -0.05) is 54.6 Å². The van der Waals surface area contributed by atoms with Crippen molar-refractivity contribution in [2.24, 2.45) is 0 Å². The summed E-state index contributed by atoms with van der Waals surface area (Å²) in [5.41, 5.74) is 0. The zero-order valence-corrected chi connectivity index (χ0v) is 20.5. The fourth-order valence-electron chi connectivity index (χ4n) is 3.94. The van der Waals surface area contributed by atoms with Gasteiger partial charge in [0.25, 0.3) is 0 Å². The predicted octanol–water partition coefficient (Wildman–Crippen LogP) is 2.35. The molecule has 0 radical (unpaired) electrons. The van der Waals surface area contributed by atoms with Crippen LogP contribution in [-0.4, -0.2) is 12.6 Å². The topological polar surface area (TPSA) is 26.3 Å². The third-order valence-electron chi connectivity index (χ3n) is 5.36.